The molecule has 2 saturated heterocycles. The Bertz CT molecular complexity index is 844. The molecule has 0 aromatic heterocycles. The number of carbonyl (C=O) groups is 1. The molecule has 1 atom stereocenters. The van der Waals surface area contributed by atoms with Crippen molar-refractivity contribution in [2.75, 3.05) is 50.7 Å². The maximum Gasteiger partial charge on any atom is 0.251 e. The molecule has 32 heavy (non-hydrogen) atoms. The third-order valence-electron chi connectivity index (χ3n) is 6.94. The number of rotatable bonds is 7. The SMILES string of the molecule is CC(C)N1CCN(c2ccc(C(=O)NCC3CCCN(Cc4ccccc4)C3)cc2)CC1. The van der Waals surface area contributed by atoms with Gasteiger partial charge in [0.25, 0.3) is 5.91 Å². The zero-order valence-corrected chi connectivity index (χ0v) is 19.7. The van der Waals surface area contributed by atoms with Gasteiger partial charge >= 0.3 is 0 Å². The standard InChI is InChI=1S/C27H38N4O/c1-22(2)30-15-17-31(18-16-30)26-12-10-25(11-13-26)27(32)28-19-24-9-6-14-29(21-24)20-23-7-4-3-5-8-23/h3-5,7-8,10-13,22,24H,6,9,14-21H2,1-2H3,(H,28,32). The van der Waals surface area contributed by atoms with Crippen molar-refractivity contribution in [2.45, 2.75) is 39.3 Å². The lowest BCUT2D eigenvalue weighted by Gasteiger charge is -2.38. The minimum atomic E-state index is 0.0429. The molecule has 1 unspecified atom stereocenters. The number of piperidine rings is 1. The molecule has 2 aliphatic rings. The van der Waals surface area contributed by atoms with Crippen LogP contribution in [0.5, 0.6) is 0 Å². The molecule has 1 N–H and O–H groups in total. The number of carbonyl (C=O) groups excluding carboxylic acids is 1. The molecule has 2 heterocycles. The fourth-order valence-corrected chi connectivity index (χ4v) is 4.96. The lowest BCUT2D eigenvalue weighted by molar-refractivity contribution is 0.0930. The van der Waals surface area contributed by atoms with E-state index < -0.39 is 0 Å². The molecule has 2 aliphatic heterocycles. The van der Waals surface area contributed by atoms with E-state index in [1.54, 1.807) is 0 Å². The summed E-state index contributed by atoms with van der Waals surface area (Å²) in [5.74, 6) is 0.564. The fourth-order valence-electron chi connectivity index (χ4n) is 4.96. The molecule has 0 aliphatic carbocycles. The molecule has 4 rings (SSSR count). The van der Waals surface area contributed by atoms with Crippen LogP contribution in [0.4, 0.5) is 5.69 Å². The van der Waals surface area contributed by atoms with Crippen molar-refractivity contribution < 1.29 is 4.79 Å². The minimum Gasteiger partial charge on any atom is -0.369 e. The number of hydrogen-bond acceptors (Lipinski definition) is 4. The van der Waals surface area contributed by atoms with Gasteiger partial charge in [-0.15, -0.1) is 0 Å². The molecular formula is C27H38N4O. The van der Waals surface area contributed by atoms with E-state index in [0.29, 0.717) is 12.0 Å². The lowest BCUT2D eigenvalue weighted by Crippen LogP contribution is -2.48. The monoisotopic (exact) mass is 434 g/mol. The third-order valence-corrected chi connectivity index (χ3v) is 6.94. The van der Waals surface area contributed by atoms with Gasteiger partial charge in [-0.2, -0.15) is 0 Å². The first-order valence-electron chi connectivity index (χ1n) is 12.2. The maximum atomic E-state index is 12.7. The topological polar surface area (TPSA) is 38.8 Å². The summed E-state index contributed by atoms with van der Waals surface area (Å²) in [5.41, 5.74) is 3.34. The Hall–Kier alpha value is -2.37. The third kappa shape index (κ3) is 6.11. The predicted molar refractivity (Wildman–Crippen MR) is 132 cm³/mol. The predicted octanol–water partition coefficient (Wildman–Crippen LogP) is 3.86. The molecule has 0 bridgehead atoms. The van der Waals surface area contributed by atoms with Crippen LogP contribution in [0.1, 0.15) is 42.6 Å². The van der Waals surface area contributed by atoms with Crippen molar-refractivity contribution in [1.29, 1.82) is 0 Å². The molecule has 5 heteroatoms. The zero-order valence-electron chi connectivity index (χ0n) is 19.7. The van der Waals surface area contributed by atoms with Crippen molar-refractivity contribution in [3.05, 3.63) is 65.7 Å². The Morgan fingerprint density at radius 2 is 1.69 bits per heavy atom. The van der Waals surface area contributed by atoms with E-state index in [-0.39, 0.29) is 5.91 Å². The molecule has 0 saturated carbocycles. The summed E-state index contributed by atoms with van der Waals surface area (Å²) in [6, 6.07) is 19.4. The van der Waals surface area contributed by atoms with Gasteiger partial charge < -0.3 is 10.2 Å². The van der Waals surface area contributed by atoms with Gasteiger partial charge in [0.2, 0.25) is 0 Å². The zero-order chi connectivity index (χ0) is 22.3. The first kappa shape index (κ1) is 22.8. The van der Waals surface area contributed by atoms with Crippen molar-refractivity contribution in [1.82, 2.24) is 15.1 Å². The first-order valence-corrected chi connectivity index (χ1v) is 12.2. The number of anilines is 1. The number of hydrogen-bond donors (Lipinski definition) is 1. The number of nitrogens with zero attached hydrogens (tertiary/aromatic N) is 3. The van der Waals surface area contributed by atoms with Crippen molar-refractivity contribution in [3.63, 3.8) is 0 Å². The van der Waals surface area contributed by atoms with E-state index in [9.17, 15) is 4.79 Å². The number of amides is 1. The highest BCUT2D eigenvalue weighted by Crippen LogP contribution is 2.20. The summed E-state index contributed by atoms with van der Waals surface area (Å²) in [6.45, 7) is 12.8. The van der Waals surface area contributed by atoms with Crippen LogP contribution in [0.3, 0.4) is 0 Å². The van der Waals surface area contributed by atoms with Crippen LogP contribution in [0.25, 0.3) is 0 Å². The van der Waals surface area contributed by atoms with Crippen LogP contribution in [-0.2, 0) is 6.54 Å². The van der Waals surface area contributed by atoms with Gasteiger partial charge in [0.05, 0.1) is 0 Å². The van der Waals surface area contributed by atoms with Crippen LogP contribution in [-0.4, -0.2) is 67.6 Å². The van der Waals surface area contributed by atoms with Crippen LogP contribution in [0, 0.1) is 5.92 Å². The fraction of sp³-hybridized carbons (Fsp3) is 0.519. The molecular weight excluding hydrogens is 396 g/mol. The highest BCUT2D eigenvalue weighted by molar-refractivity contribution is 5.94. The Labute approximate surface area is 193 Å². The summed E-state index contributed by atoms with van der Waals surface area (Å²) >= 11 is 0. The average Bonchev–Trinajstić information content (AvgIpc) is 2.83. The first-order chi connectivity index (χ1) is 15.6. The second-order valence-corrected chi connectivity index (χ2v) is 9.60. The van der Waals surface area contributed by atoms with Gasteiger partial charge in [0, 0.05) is 63.1 Å². The summed E-state index contributed by atoms with van der Waals surface area (Å²) in [6.07, 6.45) is 2.39. The summed E-state index contributed by atoms with van der Waals surface area (Å²) in [5, 5.41) is 3.18. The van der Waals surface area contributed by atoms with Crippen molar-refractivity contribution in [3.8, 4) is 0 Å². The van der Waals surface area contributed by atoms with Gasteiger partial charge in [0.1, 0.15) is 0 Å². The van der Waals surface area contributed by atoms with E-state index in [2.05, 4.69) is 76.3 Å². The number of nitrogens with one attached hydrogen (secondary N) is 1. The Balaban J connectivity index is 1.23. The van der Waals surface area contributed by atoms with Gasteiger partial charge in [0.15, 0.2) is 0 Å². The van der Waals surface area contributed by atoms with E-state index >= 15 is 0 Å². The van der Waals surface area contributed by atoms with E-state index in [0.717, 1.165) is 57.9 Å². The number of benzene rings is 2. The van der Waals surface area contributed by atoms with Crippen LogP contribution >= 0.6 is 0 Å². The molecule has 0 spiro atoms. The second-order valence-electron chi connectivity index (χ2n) is 9.60. The smallest absolute Gasteiger partial charge is 0.251 e. The minimum absolute atomic E-state index is 0.0429. The Morgan fingerprint density at radius 3 is 2.38 bits per heavy atom. The highest BCUT2D eigenvalue weighted by Gasteiger charge is 2.21. The lowest BCUT2D eigenvalue weighted by atomic mass is 9.97. The van der Waals surface area contributed by atoms with E-state index in [1.165, 1.54) is 24.1 Å². The largest absolute Gasteiger partial charge is 0.369 e. The summed E-state index contributed by atoms with van der Waals surface area (Å²) < 4.78 is 0. The molecule has 172 valence electrons. The molecule has 0 radical (unpaired) electrons. The van der Waals surface area contributed by atoms with Crippen LogP contribution < -0.4 is 10.2 Å². The van der Waals surface area contributed by atoms with Gasteiger partial charge in [-0.05, 0) is 69.0 Å². The Kier molecular flexibility index (Phi) is 7.82. The van der Waals surface area contributed by atoms with E-state index in [4.69, 9.17) is 0 Å². The van der Waals surface area contributed by atoms with Gasteiger partial charge in [-0.3, -0.25) is 14.6 Å². The van der Waals surface area contributed by atoms with Crippen molar-refractivity contribution in [2.24, 2.45) is 5.92 Å². The average molecular weight is 435 g/mol. The van der Waals surface area contributed by atoms with E-state index in [1.807, 2.05) is 12.1 Å². The second kappa shape index (κ2) is 11.0. The van der Waals surface area contributed by atoms with Crippen LogP contribution in [0.15, 0.2) is 54.6 Å². The van der Waals surface area contributed by atoms with Crippen LogP contribution in [0.2, 0.25) is 0 Å². The summed E-state index contributed by atoms with van der Waals surface area (Å²) in [4.78, 5) is 20.2. The van der Waals surface area contributed by atoms with Crippen molar-refractivity contribution >= 4 is 11.6 Å². The van der Waals surface area contributed by atoms with Gasteiger partial charge in [-0.1, -0.05) is 30.3 Å². The maximum absolute atomic E-state index is 12.7. The molecule has 1 amide bonds. The molecule has 2 aromatic carbocycles. The molecule has 5 nitrogen and oxygen atoms in total. The van der Waals surface area contributed by atoms with Gasteiger partial charge in [-0.25, -0.2) is 0 Å². The molecule has 2 aromatic rings. The number of piperazine rings is 1. The summed E-state index contributed by atoms with van der Waals surface area (Å²) in [7, 11) is 0. The molecule has 2 fully saturated rings. The normalized spacial score (nSPS) is 20.5. The highest BCUT2D eigenvalue weighted by atomic mass is 16.1. The quantitative estimate of drug-likeness (QED) is 0.718. The Morgan fingerprint density at radius 1 is 0.969 bits per heavy atom. The number of likely N-dealkylation sites (tertiary alicyclic amines) is 1.